The van der Waals surface area contributed by atoms with Gasteiger partial charge in [-0.1, -0.05) is 54.1 Å². The van der Waals surface area contributed by atoms with Gasteiger partial charge in [-0.3, -0.25) is 4.79 Å². The van der Waals surface area contributed by atoms with Gasteiger partial charge in [0.2, 0.25) is 5.60 Å². The molecule has 0 bridgehead atoms. The number of hydrogen-bond acceptors (Lipinski definition) is 2. The number of hydrogen-bond donors (Lipinski definition) is 1. The van der Waals surface area contributed by atoms with E-state index in [2.05, 4.69) is 11.9 Å². The number of ether oxygens (including phenoxy) is 1. The minimum atomic E-state index is -1.10. The van der Waals surface area contributed by atoms with Crippen molar-refractivity contribution in [1.29, 1.82) is 0 Å². The maximum atomic E-state index is 12.8. The Morgan fingerprint density at radius 1 is 1.27 bits per heavy atom. The minimum absolute atomic E-state index is 0.212. The highest BCUT2D eigenvalue weighted by atomic mass is 35.5. The molecule has 0 fully saturated rings. The van der Waals surface area contributed by atoms with Crippen molar-refractivity contribution in [3.05, 3.63) is 71.3 Å². The number of nitrogens with one attached hydrogen (secondary N) is 1. The molecule has 1 amide bonds. The molecule has 1 unspecified atom stereocenters. The zero-order valence-corrected chi connectivity index (χ0v) is 13.0. The van der Waals surface area contributed by atoms with Crippen molar-refractivity contribution < 1.29 is 9.53 Å². The second-order valence-corrected chi connectivity index (χ2v) is 5.96. The second-order valence-electron chi connectivity index (χ2n) is 5.52. The van der Waals surface area contributed by atoms with E-state index >= 15 is 0 Å². The van der Waals surface area contributed by atoms with Gasteiger partial charge in [0.05, 0.1) is 5.69 Å². The molecule has 112 valence electrons. The monoisotopic (exact) mass is 313 g/mol. The van der Waals surface area contributed by atoms with Gasteiger partial charge in [-0.05, 0) is 25.1 Å². The molecule has 0 saturated heterocycles. The van der Waals surface area contributed by atoms with Gasteiger partial charge in [0.15, 0.2) is 0 Å². The van der Waals surface area contributed by atoms with Gasteiger partial charge in [0.25, 0.3) is 5.91 Å². The van der Waals surface area contributed by atoms with E-state index in [0.717, 1.165) is 11.1 Å². The summed E-state index contributed by atoms with van der Waals surface area (Å²) in [5.41, 5.74) is 1.16. The van der Waals surface area contributed by atoms with Gasteiger partial charge in [0.1, 0.15) is 5.75 Å². The van der Waals surface area contributed by atoms with Crippen molar-refractivity contribution in [1.82, 2.24) is 0 Å². The van der Waals surface area contributed by atoms with E-state index in [9.17, 15) is 4.79 Å². The van der Waals surface area contributed by atoms with Crippen LogP contribution in [0.25, 0.3) is 0 Å². The SMILES string of the molecule is C=C(C)CC1(c2ccccc2)Oc2ccc(Cl)cc2NC1=O. The van der Waals surface area contributed by atoms with E-state index in [0.29, 0.717) is 22.9 Å². The van der Waals surface area contributed by atoms with Crippen LogP contribution in [0.4, 0.5) is 5.69 Å². The highest BCUT2D eigenvalue weighted by Gasteiger charge is 2.46. The Morgan fingerprint density at radius 2 is 2.00 bits per heavy atom. The minimum Gasteiger partial charge on any atom is -0.470 e. The van der Waals surface area contributed by atoms with E-state index in [1.54, 1.807) is 18.2 Å². The lowest BCUT2D eigenvalue weighted by Crippen LogP contribution is -2.48. The number of anilines is 1. The Kier molecular flexibility index (Phi) is 3.67. The summed E-state index contributed by atoms with van der Waals surface area (Å²) >= 11 is 5.98. The average molecular weight is 314 g/mol. The van der Waals surface area contributed by atoms with Gasteiger partial charge in [-0.15, -0.1) is 0 Å². The van der Waals surface area contributed by atoms with Crippen molar-refractivity contribution in [2.24, 2.45) is 0 Å². The number of rotatable bonds is 3. The summed E-state index contributed by atoms with van der Waals surface area (Å²) in [7, 11) is 0. The summed E-state index contributed by atoms with van der Waals surface area (Å²) in [6.07, 6.45) is 0.408. The van der Waals surface area contributed by atoms with Crippen molar-refractivity contribution in [2.75, 3.05) is 5.32 Å². The van der Waals surface area contributed by atoms with Crippen LogP contribution in [0.3, 0.4) is 0 Å². The molecule has 2 aromatic carbocycles. The Labute approximate surface area is 134 Å². The maximum absolute atomic E-state index is 12.8. The van der Waals surface area contributed by atoms with E-state index in [1.165, 1.54) is 0 Å². The fourth-order valence-electron chi connectivity index (χ4n) is 2.69. The third kappa shape index (κ3) is 2.48. The first-order valence-corrected chi connectivity index (χ1v) is 7.39. The van der Waals surface area contributed by atoms with Gasteiger partial charge in [0, 0.05) is 17.0 Å². The zero-order valence-electron chi connectivity index (χ0n) is 12.2. The van der Waals surface area contributed by atoms with E-state index < -0.39 is 5.60 Å². The molecule has 1 atom stereocenters. The molecule has 0 radical (unpaired) electrons. The lowest BCUT2D eigenvalue weighted by molar-refractivity contribution is -0.133. The standard InChI is InChI=1S/C18H16ClNO2/c1-12(2)11-18(13-6-4-3-5-7-13)17(21)20-15-10-14(19)8-9-16(15)22-18/h3-10H,1,11H2,2H3,(H,20,21). The van der Waals surface area contributed by atoms with E-state index in [4.69, 9.17) is 16.3 Å². The molecule has 1 heterocycles. The van der Waals surface area contributed by atoms with E-state index in [1.807, 2.05) is 37.3 Å². The smallest absolute Gasteiger partial charge is 0.273 e. The Bertz CT molecular complexity index is 742. The summed E-state index contributed by atoms with van der Waals surface area (Å²) < 4.78 is 6.15. The third-order valence-electron chi connectivity index (χ3n) is 3.63. The normalized spacial score (nSPS) is 19.8. The third-order valence-corrected chi connectivity index (χ3v) is 3.87. The molecule has 22 heavy (non-hydrogen) atoms. The van der Waals surface area contributed by atoms with Crippen LogP contribution in [0.5, 0.6) is 5.75 Å². The molecule has 4 heteroatoms. The molecule has 3 nitrogen and oxygen atoms in total. The average Bonchev–Trinajstić information content (AvgIpc) is 2.49. The quantitative estimate of drug-likeness (QED) is 0.845. The lowest BCUT2D eigenvalue weighted by atomic mass is 9.85. The predicted octanol–water partition coefficient (Wildman–Crippen LogP) is 4.53. The highest BCUT2D eigenvalue weighted by Crippen LogP contribution is 2.42. The van der Waals surface area contributed by atoms with Crippen LogP contribution in [-0.4, -0.2) is 5.91 Å². The first-order chi connectivity index (χ1) is 10.5. The summed E-state index contributed by atoms with van der Waals surface area (Å²) in [4.78, 5) is 12.8. The molecule has 1 aliphatic heterocycles. The summed E-state index contributed by atoms with van der Waals surface area (Å²) in [6.45, 7) is 5.83. The van der Waals surface area contributed by atoms with Crippen molar-refractivity contribution in [3.63, 3.8) is 0 Å². The molecule has 0 spiro atoms. The lowest BCUT2D eigenvalue weighted by Gasteiger charge is -2.38. The maximum Gasteiger partial charge on any atom is 0.273 e. The fraction of sp³-hybridized carbons (Fsp3) is 0.167. The first kappa shape index (κ1) is 14.7. The van der Waals surface area contributed by atoms with Crippen molar-refractivity contribution in [3.8, 4) is 5.75 Å². The summed E-state index contributed by atoms with van der Waals surface area (Å²) in [6, 6.07) is 14.7. The fourth-order valence-corrected chi connectivity index (χ4v) is 2.86. The zero-order chi connectivity index (χ0) is 15.7. The van der Waals surface area contributed by atoms with Crippen LogP contribution in [-0.2, 0) is 10.4 Å². The number of carbonyl (C=O) groups excluding carboxylic acids is 1. The highest BCUT2D eigenvalue weighted by molar-refractivity contribution is 6.31. The van der Waals surface area contributed by atoms with Gasteiger partial charge in [-0.2, -0.15) is 0 Å². The van der Waals surface area contributed by atoms with Crippen molar-refractivity contribution >= 4 is 23.2 Å². The van der Waals surface area contributed by atoms with Crippen LogP contribution >= 0.6 is 11.6 Å². The number of benzene rings is 2. The van der Waals surface area contributed by atoms with Crippen LogP contribution in [0.1, 0.15) is 18.9 Å². The molecule has 0 aliphatic carbocycles. The Morgan fingerprint density at radius 3 is 2.68 bits per heavy atom. The molecule has 1 N–H and O–H groups in total. The van der Waals surface area contributed by atoms with Gasteiger partial charge >= 0.3 is 0 Å². The topological polar surface area (TPSA) is 38.3 Å². The van der Waals surface area contributed by atoms with Crippen molar-refractivity contribution in [2.45, 2.75) is 18.9 Å². The second kappa shape index (κ2) is 5.50. The molecule has 0 saturated carbocycles. The Balaban J connectivity index is 2.13. The number of halogens is 1. The first-order valence-electron chi connectivity index (χ1n) is 7.01. The summed E-state index contributed by atoms with van der Waals surface area (Å²) in [5.74, 6) is 0.394. The molecular formula is C18H16ClNO2. The van der Waals surface area contributed by atoms with Gasteiger partial charge < -0.3 is 10.1 Å². The molecule has 3 rings (SSSR count). The molecular weight excluding hydrogens is 298 g/mol. The largest absolute Gasteiger partial charge is 0.470 e. The molecule has 0 aromatic heterocycles. The van der Waals surface area contributed by atoms with Crippen LogP contribution in [0.15, 0.2) is 60.7 Å². The Hall–Kier alpha value is -2.26. The van der Waals surface area contributed by atoms with Crippen LogP contribution in [0.2, 0.25) is 5.02 Å². The summed E-state index contributed by atoms with van der Waals surface area (Å²) in [5, 5.41) is 3.46. The van der Waals surface area contributed by atoms with Gasteiger partial charge in [-0.25, -0.2) is 0 Å². The number of fused-ring (bicyclic) bond motifs is 1. The van der Waals surface area contributed by atoms with E-state index in [-0.39, 0.29) is 5.91 Å². The number of amides is 1. The predicted molar refractivity (Wildman–Crippen MR) is 88.3 cm³/mol. The molecule has 2 aromatic rings. The molecule has 1 aliphatic rings. The van der Waals surface area contributed by atoms with Crippen LogP contribution in [0, 0.1) is 0 Å². The van der Waals surface area contributed by atoms with Crippen LogP contribution < -0.4 is 10.1 Å². The number of carbonyl (C=O) groups is 1.